The van der Waals surface area contributed by atoms with Gasteiger partial charge in [-0.25, -0.2) is 0 Å². The van der Waals surface area contributed by atoms with Crippen molar-refractivity contribution in [3.8, 4) is 44.5 Å². The minimum absolute atomic E-state index is 0.859. The summed E-state index contributed by atoms with van der Waals surface area (Å²) < 4.78 is 13.4. The fraction of sp³-hybridized carbons (Fsp3) is 0. The molecule has 0 unspecified atom stereocenters. The van der Waals surface area contributed by atoms with Gasteiger partial charge < -0.3 is 13.7 Å². The molecule has 2 aromatic heterocycles. The van der Waals surface area contributed by atoms with Gasteiger partial charge in [-0.2, -0.15) is 0 Å². The third kappa shape index (κ3) is 5.74. The van der Waals surface area contributed by atoms with Crippen LogP contribution in [0.15, 0.2) is 233 Å². The van der Waals surface area contributed by atoms with Gasteiger partial charge in [-0.1, -0.05) is 188 Å². The van der Waals surface area contributed by atoms with Crippen molar-refractivity contribution in [1.82, 2.24) is 0 Å². The van der Waals surface area contributed by atoms with Crippen molar-refractivity contribution in [3.05, 3.63) is 224 Å². The summed E-state index contributed by atoms with van der Waals surface area (Å²) in [6.07, 6.45) is 0. The zero-order chi connectivity index (χ0) is 40.3. The molecule has 10 aromatic carbocycles. The van der Waals surface area contributed by atoms with E-state index >= 15 is 0 Å². The van der Waals surface area contributed by atoms with Crippen LogP contribution in [0.5, 0.6) is 0 Å². The Morgan fingerprint density at radius 2 is 0.787 bits per heavy atom. The molecule has 0 aliphatic carbocycles. The van der Waals surface area contributed by atoms with Crippen molar-refractivity contribution in [2.24, 2.45) is 0 Å². The van der Waals surface area contributed by atoms with Gasteiger partial charge in [-0.3, -0.25) is 0 Å². The van der Waals surface area contributed by atoms with Crippen LogP contribution in [0.1, 0.15) is 0 Å². The highest BCUT2D eigenvalue weighted by Gasteiger charge is 2.24. The summed E-state index contributed by atoms with van der Waals surface area (Å²) in [6.45, 7) is 0. The fourth-order valence-corrected chi connectivity index (χ4v) is 9.33. The molecule has 12 aromatic rings. The van der Waals surface area contributed by atoms with E-state index in [2.05, 4.69) is 217 Å². The van der Waals surface area contributed by atoms with Gasteiger partial charge in [-0.15, -0.1) is 0 Å². The molecule has 286 valence electrons. The first-order valence-corrected chi connectivity index (χ1v) is 20.8. The van der Waals surface area contributed by atoms with E-state index in [-0.39, 0.29) is 0 Å². The molecule has 0 fully saturated rings. The first-order valence-electron chi connectivity index (χ1n) is 20.8. The summed E-state index contributed by atoms with van der Waals surface area (Å²) in [6, 6.07) is 79.8. The second-order valence-electron chi connectivity index (χ2n) is 15.6. The Bertz CT molecular complexity index is 3580. The molecule has 0 spiro atoms. The zero-order valence-electron chi connectivity index (χ0n) is 33.1. The van der Waals surface area contributed by atoms with Gasteiger partial charge in [-0.05, 0) is 69.8 Å². The van der Waals surface area contributed by atoms with Gasteiger partial charge in [0.25, 0.3) is 0 Å². The number of hydrogen-bond donors (Lipinski definition) is 0. The maximum atomic E-state index is 6.91. The molecule has 61 heavy (non-hydrogen) atoms. The lowest BCUT2D eigenvalue weighted by Gasteiger charge is -2.29. The van der Waals surface area contributed by atoms with Gasteiger partial charge >= 0.3 is 0 Å². The second-order valence-corrected chi connectivity index (χ2v) is 15.6. The lowest BCUT2D eigenvalue weighted by atomic mass is 9.91. The number of rotatable bonds is 7. The molecular formula is C58H37NO2. The molecule has 0 saturated carbocycles. The topological polar surface area (TPSA) is 29.5 Å². The van der Waals surface area contributed by atoms with E-state index in [1.54, 1.807) is 0 Å². The minimum atomic E-state index is 0.859. The highest BCUT2D eigenvalue weighted by molar-refractivity contribution is 6.23. The molecule has 3 nitrogen and oxygen atoms in total. The first kappa shape index (κ1) is 34.9. The molecule has 0 atom stereocenters. The van der Waals surface area contributed by atoms with Gasteiger partial charge in [0, 0.05) is 49.1 Å². The van der Waals surface area contributed by atoms with Crippen LogP contribution in [0.25, 0.3) is 99.2 Å². The first-order chi connectivity index (χ1) is 30.3. The SMILES string of the molecule is c1ccc(-c2ccccc2-c2cccc3oc4c5ccccc5c(N(c5ccc(-c6cccc7c6oc6ccccc67)cc5)c5ccccc5-c5ccccc5)cc4c23)cc1. The lowest BCUT2D eigenvalue weighted by molar-refractivity contribution is 0.670. The van der Waals surface area contributed by atoms with Crippen LogP contribution >= 0.6 is 0 Å². The summed E-state index contributed by atoms with van der Waals surface area (Å²) in [5.41, 5.74) is 15.8. The van der Waals surface area contributed by atoms with Crippen LogP contribution in [0, 0.1) is 0 Å². The Hall–Kier alpha value is -8.14. The maximum Gasteiger partial charge on any atom is 0.143 e. The number of anilines is 3. The molecule has 0 N–H and O–H groups in total. The molecule has 0 amide bonds. The third-order valence-electron chi connectivity index (χ3n) is 12.1. The molecule has 0 aliphatic rings. The van der Waals surface area contributed by atoms with E-state index in [1.807, 2.05) is 12.1 Å². The van der Waals surface area contributed by atoms with E-state index in [0.717, 1.165) is 105 Å². The molecule has 0 radical (unpaired) electrons. The van der Waals surface area contributed by atoms with Gasteiger partial charge in [0.1, 0.15) is 22.3 Å². The maximum absolute atomic E-state index is 6.91. The smallest absolute Gasteiger partial charge is 0.143 e. The molecule has 3 heteroatoms. The molecule has 0 aliphatic heterocycles. The van der Waals surface area contributed by atoms with Gasteiger partial charge in [0.15, 0.2) is 0 Å². The van der Waals surface area contributed by atoms with Crippen molar-refractivity contribution >= 4 is 71.7 Å². The Kier molecular flexibility index (Phi) is 8.17. The van der Waals surface area contributed by atoms with Crippen LogP contribution in [-0.4, -0.2) is 0 Å². The number of para-hydroxylation sites is 3. The number of benzene rings is 10. The van der Waals surface area contributed by atoms with Crippen LogP contribution in [0.4, 0.5) is 17.1 Å². The van der Waals surface area contributed by atoms with E-state index in [0.29, 0.717) is 0 Å². The third-order valence-corrected chi connectivity index (χ3v) is 12.1. The van der Waals surface area contributed by atoms with E-state index in [1.165, 1.54) is 11.1 Å². The van der Waals surface area contributed by atoms with Crippen molar-refractivity contribution in [3.63, 3.8) is 0 Å². The van der Waals surface area contributed by atoms with Crippen molar-refractivity contribution < 1.29 is 8.83 Å². The Balaban J connectivity index is 1.11. The van der Waals surface area contributed by atoms with Crippen LogP contribution in [0.3, 0.4) is 0 Å². The average Bonchev–Trinajstić information content (AvgIpc) is 3.92. The predicted molar refractivity (Wildman–Crippen MR) is 255 cm³/mol. The number of fused-ring (bicyclic) bond motifs is 8. The summed E-state index contributed by atoms with van der Waals surface area (Å²) in [5.74, 6) is 0. The highest BCUT2D eigenvalue weighted by atomic mass is 16.3. The predicted octanol–water partition coefficient (Wildman–Crippen LogP) is 16.8. The monoisotopic (exact) mass is 779 g/mol. The number of nitrogens with zero attached hydrogens (tertiary/aromatic N) is 1. The van der Waals surface area contributed by atoms with Crippen LogP contribution < -0.4 is 4.90 Å². The molecule has 12 rings (SSSR count). The van der Waals surface area contributed by atoms with Crippen molar-refractivity contribution in [1.29, 1.82) is 0 Å². The average molecular weight is 780 g/mol. The zero-order valence-corrected chi connectivity index (χ0v) is 33.1. The standard InChI is InChI=1S/C58H37NO2/c1-3-17-38(18-4-1)42-21-7-8-23-45(42)48-28-16-32-55-56(48)51-37-53(46-24-9-10-26-49(46)58(51)61-55)59(52-30-13-11-22-43(52)39-19-5-2-6-20-39)41-35-33-40(34-36-41)44-27-15-29-50-47-25-12-14-31-54(47)60-57(44)50/h1-37H. The van der Waals surface area contributed by atoms with E-state index < -0.39 is 0 Å². The Labute approximate surface area is 353 Å². The minimum Gasteiger partial charge on any atom is -0.455 e. The fourth-order valence-electron chi connectivity index (χ4n) is 9.33. The summed E-state index contributed by atoms with van der Waals surface area (Å²) in [5, 5.41) is 6.56. The molecule has 0 saturated heterocycles. The van der Waals surface area contributed by atoms with Crippen molar-refractivity contribution in [2.45, 2.75) is 0 Å². The molecule has 0 bridgehead atoms. The molecular weight excluding hydrogens is 743 g/mol. The summed E-state index contributed by atoms with van der Waals surface area (Å²) >= 11 is 0. The second kappa shape index (κ2) is 14.3. The van der Waals surface area contributed by atoms with Crippen LogP contribution in [0.2, 0.25) is 0 Å². The quantitative estimate of drug-likeness (QED) is 0.161. The Morgan fingerprint density at radius 3 is 1.57 bits per heavy atom. The van der Waals surface area contributed by atoms with Crippen LogP contribution in [-0.2, 0) is 0 Å². The summed E-state index contributed by atoms with van der Waals surface area (Å²) in [7, 11) is 0. The van der Waals surface area contributed by atoms with E-state index in [4.69, 9.17) is 8.83 Å². The Morgan fingerprint density at radius 1 is 0.279 bits per heavy atom. The normalized spacial score (nSPS) is 11.6. The summed E-state index contributed by atoms with van der Waals surface area (Å²) in [4.78, 5) is 2.43. The number of furan rings is 2. The van der Waals surface area contributed by atoms with Crippen molar-refractivity contribution in [2.75, 3.05) is 4.90 Å². The number of hydrogen-bond acceptors (Lipinski definition) is 3. The highest BCUT2D eigenvalue weighted by Crippen LogP contribution is 2.49. The van der Waals surface area contributed by atoms with Gasteiger partial charge in [0.2, 0.25) is 0 Å². The molecule has 2 heterocycles. The van der Waals surface area contributed by atoms with E-state index in [9.17, 15) is 0 Å². The lowest BCUT2D eigenvalue weighted by Crippen LogP contribution is -2.12. The van der Waals surface area contributed by atoms with Gasteiger partial charge in [0.05, 0.1) is 11.4 Å². The largest absolute Gasteiger partial charge is 0.455 e.